The molecule has 0 bridgehead atoms. The standard InChI is InChI=1S/C17H26N4O4/c1-17(2,15(23)24)13-10-18-16(21-5-3-4-12(22)11-21)19-14(13)20-6-8-25-9-7-20/h10,12,22H,3-9,11H2,1-2H3,(H,23,24). The summed E-state index contributed by atoms with van der Waals surface area (Å²) in [5.41, 5.74) is -0.490. The second kappa shape index (κ2) is 7.13. The van der Waals surface area contributed by atoms with E-state index in [2.05, 4.69) is 9.88 Å². The minimum Gasteiger partial charge on any atom is -0.481 e. The van der Waals surface area contributed by atoms with E-state index in [1.54, 1.807) is 20.0 Å². The summed E-state index contributed by atoms with van der Waals surface area (Å²) < 4.78 is 5.41. The molecule has 1 unspecified atom stereocenters. The first-order valence-electron chi connectivity index (χ1n) is 8.76. The molecular formula is C17H26N4O4. The summed E-state index contributed by atoms with van der Waals surface area (Å²) in [6.07, 6.45) is 2.93. The summed E-state index contributed by atoms with van der Waals surface area (Å²) >= 11 is 0. The predicted octanol–water partition coefficient (Wildman–Crippen LogP) is 0.636. The minimum absolute atomic E-state index is 0.376. The van der Waals surface area contributed by atoms with E-state index < -0.39 is 11.4 Å². The van der Waals surface area contributed by atoms with Crippen LogP contribution in [0, 0.1) is 0 Å². The molecular weight excluding hydrogens is 324 g/mol. The van der Waals surface area contributed by atoms with Crippen LogP contribution in [-0.2, 0) is 14.9 Å². The van der Waals surface area contributed by atoms with Crippen molar-refractivity contribution in [2.24, 2.45) is 0 Å². The maximum Gasteiger partial charge on any atom is 0.313 e. The van der Waals surface area contributed by atoms with Gasteiger partial charge in [0.15, 0.2) is 0 Å². The average molecular weight is 350 g/mol. The van der Waals surface area contributed by atoms with E-state index >= 15 is 0 Å². The Morgan fingerprint density at radius 3 is 2.64 bits per heavy atom. The van der Waals surface area contributed by atoms with Gasteiger partial charge in [0.1, 0.15) is 5.82 Å². The van der Waals surface area contributed by atoms with Gasteiger partial charge in [-0.2, -0.15) is 4.98 Å². The number of anilines is 2. The van der Waals surface area contributed by atoms with Crippen LogP contribution in [0.15, 0.2) is 6.20 Å². The Hall–Kier alpha value is -1.93. The molecule has 0 radical (unpaired) electrons. The van der Waals surface area contributed by atoms with Gasteiger partial charge >= 0.3 is 5.97 Å². The number of carbonyl (C=O) groups is 1. The normalized spacial score (nSPS) is 22.1. The van der Waals surface area contributed by atoms with Crippen LogP contribution in [0.5, 0.6) is 0 Å². The quantitative estimate of drug-likeness (QED) is 0.816. The first-order valence-corrected chi connectivity index (χ1v) is 8.76. The molecule has 1 aromatic heterocycles. The van der Waals surface area contributed by atoms with Crippen LogP contribution in [0.4, 0.5) is 11.8 Å². The van der Waals surface area contributed by atoms with Gasteiger partial charge in [0.05, 0.1) is 24.7 Å². The molecule has 1 aromatic rings. The maximum atomic E-state index is 11.7. The van der Waals surface area contributed by atoms with Crippen molar-refractivity contribution in [1.29, 1.82) is 0 Å². The van der Waals surface area contributed by atoms with Gasteiger partial charge in [0.2, 0.25) is 5.95 Å². The summed E-state index contributed by atoms with van der Waals surface area (Å²) in [5, 5.41) is 19.5. The van der Waals surface area contributed by atoms with E-state index in [9.17, 15) is 15.0 Å². The van der Waals surface area contributed by atoms with Crippen LogP contribution in [0.2, 0.25) is 0 Å². The molecule has 0 aromatic carbocycles. The molecule has 25 heavy (non-hydrogen) atoms. The van der Waals surface area contributed by atoms with E-state index in [-0.39, 0.29) is 6.10 Å². The molecule has 2 N–H and O–H groups in total. The molecule has 2 aliphatic heterocycles. The van der Waals surface area contributed by atoms with Gasteiger partial charge in [0, 0.05) is 37.9 Å². The lowest BCUT2D eigenvalue weighted by Gasteiger charge is -2.35. The van der Waals surface area contributed by atoms with Crippen LogP contribution >= 0.6 is 0 Å². The van der Waals surface area contributed by atoms with Crippen molar-refractivity contribution in [1.82, 2.24) is 9.97 Å². The summed E-state index contributed by atoms with van der Waals surface area (Å²) in [5.74, 6) is 0.290. The highest BCUT2D eigenvalue weighted by molar-refractivity contribution is 5.82. The van der Waals surface area contributed by atoms with Crippen molar-refractivity contribution in [3.63, 3.8) is 0 Å². The molecule has 0 amide bonds. The Balaban J connectivity index is 1.99. The largest absolute Gasteiger partial charge is 0.481 e. The van der Waals surface area contributed by atoms with Crippen LogP contribution in [0.25, 0.3) is 0 Å². The summed E-state index contributed by atoms with van der Waals surface area (Å²) in [7, 11) is 0. The molecule has 8 heteroatoms. The third kappa shape index (κ3) is 3.69. The van der Waals surface area contributed by atoms with Gasteiger partial charge in [0.25, 0.3) is 0 Å². The molecule has 3 heterocycles. The zero-order valence-corrected chi connectivity index (χ0v) is 14.8. The van der Waals surface area contributed by atoms with Gasteiger partial charge in [-0.1, -0.05) is 0 Å². The number of carboxylic acids is 1. The van der Waals surface area contributed by atoms with Crippen molar-refractivity contribution in [2.75, 3.05) is 49.2 Å². The molecule has 8 nitrogen and oxygen atoms in total. The lowest BCUT2D eigenvalue weighted by atomic mass is 9.85. The highest BCUT2D eigenvalue weighted by Gasteiger charge is 2.35. The first-order chi connectivity index (χ1) is 11.9. The number of morpholine rings is 1. The van der Waals surface area contributed by atoms with Crippen LogP contribution in [0.3, 0.4) is 0 Å². The second-order valence-corrected chi connectivity index (χ2v) is 7.18. The average Bonchev–Trinajstić information content (AvgIpc) is 2.62. The Labute approximate surface area is 147 Å². The van der Waals surface area contributed by atoms with E-state index in [0.29, 0.717) is 50.2 Å². The van der Waals surface area contributed by atoms with Crippen LogP contribution in [0.1, 0.15) is 32.3 Å². The first kappa shape index (κ1) is 17.9. The lowest BCUT2D eigenvalue weighted by Crippen LogP contribution is -2.42. The third-order valence-corrected chi connectivity index (χ3v) is 4.95. The van der Waals surface area contributed by atoms with Gasteiger partial charge in [-0.3, -0.25) is 4.79 Å². The fourth-order valence-electron chi connectivity index (χ4n) is 3.22. The van der Waals surface area contributed by atoms with E-state index in [1.807, 2.05) is 4.90 Å². The van der Waals surface area contributed by atoms with E-state index in [1.165, 1.54) is 0 Å². The van der Waals surface area contributed by atoms with Gasteiger partial charge in [-0.15, -0.1) is 0 Å². The molecule has 2 saturated heterocycles. The highest BCUT2D eigenvalue weighted by atomic mass is 16.5. The zero-order valence-electron chi connectivity index (χ0n) is 14.8. The monoisotopic (exact) mass is 350 g/mol. The Kier molecular flexibility index (Phi) is 5.10. The van der Waals surface area contributed by atoms with Crippen molar-refractivity contribution in [2.45, 2.75) is 38.2 Å². The number of aromatic nitrogens is 2. The molecule has 2 fully saturated rings. The molecule has 0 aliphatic carbocycles. The minimum atomic E-state index is -1.09. The van der Waals surface area contributed by atoms with Gasteiger partial charge < -0.3 is 24.7 Å². The van der Waals surface area contributed by atoms with Crippen molar-refractivity contribution < 1.29 is 19.7 Å². The number of piperidine rings is 1. The number of aliphatic hydroxyl groups is 1. The zero-order chi connectivity index (χ0) is 18.0. The third-order valence-electron chi connectivity index (χ3n) is 4.95. The Morgan fingerprint density at radius 1 is 1.28 bits per heavy atom. The second-order valence-electron chi connectivity index (χ2n) is 7.18. The lowest BCUT2D eigenvalue weighted by molar-refractivity contribution is -0.142. The van der Waals surface area contributed by atoms with Crippen molar-refractivity contribution in [3.05, 3.63) is 11.8 Å². The fraction of sp³-hybridized carbons (Fsp3) is 0.706. The molecule has 2 aliphatic rings. The summed E-state index contributed by atoms with van der Waals surface area (Å²) in [6, 6.07) is 0. The number of aliphatic carboxylic acids is 1. The van der Waals surface area contributed by atoms with E-state index in [0.717, 1.165) is 19.4 Å². The summed E-state index contributed by atoms with van der Waals surface area (Å²) in [6.45, 7) is 7.16. The number of hydrogen-bond donors (Lipinski definition) is 2. The SMILES string of the molecule is CC(C)(C(=O)O)c1cnc(N2CCCC(O)C2)nc1N1CCOCC1. The fourth-order valence-corrected chi connectivity index (χ4v) is 3.22. The maximum absolute atomic E-state index is 11.7. The van der Waals surface area contributed by atoms with Gasteiger partial charge in [-0.05, 0) is 26.7 Å². The number of nitrogens with zero attached hydrogens (tertiary/aromatic N) is 4. The summed E-state index contributed by atoms with van der Waals surface area (Å²) in [4.78, 5) is 24.9. The highest BCUT2D eigenvalue weighted by Crippen LogP contribution is 2.33. The van der Waals surface area contributed by atoms with E-state index in [4.69, 9.17) is 9.72 Å². The molecule has 3 rings (SSSR count). The number of aliphatic hydroxyl groups excluding tert-OH is 1. The number of β-amino-alcohol motifs (C(OH)–C–C–N with tert-alkyl or cyclic N) is 1. The molecule has 1 atom stereocenters. The Bertz CT molecular complexity index is 631. The molecule has 0 saturated carbocycles. The van der Waals surface area contributed by atoms with Gasteiger partial charge in [-0.25, -0.2) is 4.98 Å². The number of carboxylic acid groups (broad SMARTS) is 1. The number of hydrogen-bond acceptors (Lipinski definition) is 7. The van der Waals surface area contributed by atoms with Crippen LogP contribution in [-0.4, -0.2) is 71.6 Å². The number of rotatable bonds is 4. The smallest absolute Gasteiger partial charge is 0.313 e. The predicted molar refractivity (Wildman–Crippen MR) is 93.2 cm³/mol. The van der Waals surface area contributed by atoms with Crippen molar-refractivity contribution in [3.8, 4) is 0 Å². The van der Waals surface area contributed by atoms with Crippen molar-refractivity contribution >= 4 is 17.7 Å². The molecule has 138 valence electrons. The number of ether oxygens (including phenoxy) is 1. The van der Waals surface area contributed by atoms with Crippen LogP contribution < -0.4 is 9.80 Å². The molecule has 0 spiro atoms. The Morgan fingerprint density at radius 2 is 2.00 bits per heavy atom. The topological polar surface area (TPSA) is 99.0 Å².